The highest BCUT2D eigenvalue weighted by Crippen LogP contribution is 2.34. The second-order valence-electron chi connectivity index (χ2n) is 7.20. The summed E-state index contributed by atoms with van der Waals surface area (Å²) in [5.74, 6) is -0.553. The number of amidine groups is 1. The molecule has 5 N–H and O–H groups in total. The van der Waals surface area contributed by atoms with E-state index in [9.17, 15) is 18.3 Å². The zero-order valence-electron chi connectivity index (χ0n) is 16.1. The molecule has 1 aliphatic heterocycles. The third kappa shape index (κ3) is 4.24. The number of nitrogens with one attached hydrogen (secondary N) is 2. The van der Waals surface area contributed by atoms with E-state index >= 15 is 0 Å². The maximum atomic E-state index is 12.9. The number of carbonyl (C=O) groups is 1. The molecule has 1 aromatic heterocycles. The van der Waals surface area contributed by atoms with Gasteiger partial charge in [0.1, 0.15) is 21.8 Å². The molecule has 0 radical (unpaired) electrons. The van der Waals surface area contributed by atoms with E-state index in [1.54, 1.807) is 24.3 Å². The Kier molecular flexibility index (Phi) is 5.65. The number of phenols is 1. The fraction of sp³-hybridized carbons (Fsp3) is 0.200. The Labute approximate surface area is 187 Å². The van der Waals surface area contributed by atoms with Crippen LogP contribution >= 0.6 is 22.9 Å². The Morgan fingerprint density at radius 1 is 1.32 bits per heavy atom. The lowest BCUT2D eigenvalue weighted by Crippen LogP contribution is -2.41. The van der Waals surface area contributed by atoms with E-state index in [-0.39, 0.29) is 28.2 Å². The van der Waals surface area contributed by atoms with E-state index in [2.05, 4.69) is 4.72 Å². The molecule has 0 saturated carbocycles. The molecule has 8 nitrogen and oxygen atoms in total. The molecule has 162 valence electrons. The average Bonchev–Trinajstić information content (AvgIpc) is 3.30. The van der Waals surface area contributed by atoms with Crippen molar-refractivity contribution >= 4 is 54.8 Å². The number of hydrogen-bond donors (Lipinski definition) is 4. The molecule has 4 rings (SSSR count). The Hall–Kier alpha value is -2.66. The number of likely N-dealkylation sites (tertiary alicyclic amines) is 1. The minimum absolute atomic E-state index is 0.0241. The van der Waals surface area contributed by atoms with Gasteiger partial charge in [0.25, 0.3) is 10.0 Å². The number of halogens is 1. The van der Waals surface area contributed by atoms with Gasteiger partial charge in [-0.05, 0) is 42.8 Å². The maximum Gasteiger partial charge on any atom is 0.250 e. The SMILES string of the molecule is N=C(N)c1ccc(O)c(CN2CCC(NS(=O)(=O)c3cc4c(Cl)cccc4s3)C2=O)c1. The summed E-state index contributed by atoms with van der Waals surface area (Å²) in [5.41, 5.74) is 6.35. The van der Waals surface area contributed by atoms with E-state index in [0.29, 0.717) is 34.5 Å². The fourth-order valence-electron chi connectivity index (χ4n) is 3.47. The molecule has 3 aromatic rings. The highest BCUT2D eigenvalue weighted by Gasteiger charge is 2.35. The molecular formula is C20H19ClN4O4S2. The van der Waals surface area contributed by atoms with Crippen LogP contribution in [0.2, 0.25) is 5.02 Å². The zero-order chi connectivity index (χ0) is 22.3. The normalized spacial score (nSPS) is 16.9. The summed E-state index contributed by atoms with van der Waals surface area (Å²) >= 11 is 7.23. The van der Waals surface area contributed by atoms with Gasteiger partial charge in [0.15, 0.2) is 0 Å². The van der Waals surface area contributed by atoms with Crippen molar-refractivity contribution in [2.45, 2.75) is 23.2 Å². The summed E-state index contributed by atoms with van der Waals surface area (Å²) in [4.78, 5) is 14.3. The molecule has 2 heterocycles. The van der Waals surface area contributed by atoms with Crippen LogP contribution in [0.25, 0.3) is 10.1 Å². The van der Waals surface area contributed by atoms with Gasteiger partial charge in [0, 0.05) is 39.3 Å². The van der Waals surface area contributed by atoms with Crippen molar-refractivity contribution in [2.24, 2.45) is 5.73 Å². The minimum Gasteiger partial charge on any atom is -0.508 e. The van der Waals surface area contributed by atoms with Crippen molar-refractivity contribution in [3.8, 4) is 5.75 Å². The lowest BCUT2D eigenvalue weighted by atomic mass is 10.1. The third-order valence-corrected chi connectivity index (χ3v) is 8.47. The van der Waals surface area contributed by atoms with Gasteiger partial charge in [0.05, 0.1) is 0 Å². The number of hydrogen-bond acceptors (Lipinski definition) is 6. The number of nitrogen functional groups attached to an aromatic ring is 1. The van der Waals surface area contributed by atoms with Crippen molar-refractivity contribution in [3.05, 3.63) is 58.6 Å². The highest BCUT2D eigenvalue weighted by molar-refractivity contribution is 7.91. The molecule has 2 aromatic carbocycles. The van der Waals surface area contributed by atoms with Crippen molar-refractivity contribution in [1.29, 1.82) is 5.41 Å². The van der Waals surface area contributed by atoms with Gasteiger partial charge >= 0.3 is 0 Å². The summed E-state index contributed by atoms with van der Waals surface area (Å²) < 4.78 is 29.1. The molecule has 11 heteroatoms. The van der Waals surface area contributed by atoms with Gasteiger partial charge in [-0.3, -0.25) is 10.2 Å². The first kappa shape index (κ1) is 21.6. The van der Waals surface area contributed by atoms with E-state index < -0.39 is 16.1 Å². The van der Waals surface area contributed by atoms with Gasteiger partial charge in [-0.2, -0.15) is 4.72 Å². The number of carbonyl (C=O) groups excluding carboxylic acids is 1. The number of aromatic hydroxyl groups is 1. The zero-order valence-corrected chi connectivity index (χ0v) is 18.5. The van der Waals surface area contributed by atoms with Gasteiger partial charge in [-0.25, -0.2) is 8.42 Å². The first-order chi connectivity index (χ1) is 14.7. The van der Waals surface area contributed by atoms with Crippen LogP contribution in [0.5, 0.6) is 5.75 Å². The quantitative estimate of drug-likeness (QED) is 0.319. The number of nitrogens with zero attached hydrogens (tertiary/aromatic N) is 1. The molecule has 31 heavy (non-hydrogen) atoms. The number of fused-ring (bicyclic) bond motifs is 1. The molecular weight excluding hydrogens is 460 g/mol. The molecule has 0 bridgehead atoms. The van der Waals surface area contributed by atoms with E-state index in [1.807, 2.05) is 0 Å². The molecule has 1 amide bonds. The molecule has 1 unspecified atom stereocenters. The van der Waals surface area contributed by atoms with Crippen LogP contribution in [0.1, 0.15) is 17.5 Å². The largest absolute Gasteiger partial charge is 0.508 e. The van der Waals surface area contributed by atoms with Crippen LogP contribution in [0.15, 0.2) is 46.7 Å². The third-order valence-electron chi connectivity index (χ3n) is 5.10. The highest BCUT2D eigenvalue weighted by atomic mass is 35.5. The van der Waals surface area contributed by atoms with Crippen molar-refractivity contribution < 1.29 is 18.3 Å². The standard InChI is InChI=1S/C20H19ClN4O4S2/c21-14-2-1-3-17-13(14)9-18(30-17)31(28,29)24-15-6-7-25(20(15)27)10-12-8-11(19(22)23)4-5-16(12)26/h1-5,8-9,15,24,26H,6-7,10H2,(H3,22,23). The lowest BCUT2D eigenvalue weighted by molar-refractivity contribution is -0.129. The Morgan fingerprint density at radius 3 is 2.81 bits per heavy atom. The molecule has 1 aliphatic rings. The second-order valence-corrected chi connectivity index (χ2v) is 10.6. The van der Waals surface area contributed by atoms with Crippen molar-refractivity contribution in [3.63, 3.8) is 0 Å². The van der Waals surface area contributed by atoms with Crippen molar-refractivity contribution in [1.82, 2.24) is 9.62 Å². The molecule has 1 fully saturated rings. The van der Waals surface area contributed by atoms with E-state index in [0.717, 1.165) is 16.0 Å². The predicted octanol–water partition coefficient (Wildman–Crippen LogP) is 2.62. The number of phenolic OH excluding ortho intramolecular Hbond substituents is 1. The van der Waals surface area contributed by atoms with Crippen molar-refractivity contribution in [2.75, 3.05) is 6.54 Å². The first-order valence-corrected chi connectivity index (χ1v) is 12.0. The van der Waals surface area contributed by atoms with Crippen LogP contribution < -0.4 is 10.5 Å². The lowest BCUT2D eigenvalue weighted by Gasteiger charge is -2.18. The number of benzene rings is 2. The van der Waals surface area contributed by atoms with Gasteiger partial charge in [-0.1, -0.05) is 17.7 Å². The van der Waals surface area contributed by atoms with Gasteiger partial charge in [0.2, 0.25) is 5.91 Å². The minimum atomic E-state index is -3.91. The summed E-state index contributed by atoms with van der Waals surface area (Å²) in [6, 6.07) is 10.3. The monoisotopic (exact) mass is 478 g/mol. The Morgan fingerprint density at radius 2 is 2.10 bits per heavy atom. The summed E-state index contributed by atoms with van der Waals surface area (Å²) in [6.45, 7) is 0.413. The second kappa shape index (κ2) is 8.12. The molecule has 0 spiro atoms. The molecule has 0 aliphatic carbocycles. The van der Waals surface area contributed by atoms with Gasteiger partial charge < -0.3 is 15.7 Å². The number of thiophene rings is 1. The Bertz CT molecular complexity index is 1310. The number of sulfonamides is 1. The van der Waals surface area contributed by atoms with Crippen LogP contribution in [0.4, 0.5) is 0 Å². The van der Waals surface area contributed by atoms with Crippen LogP contribution in [0.3, 0.4) is 0 Å². The summed E-state index contributed by atoms with van der Waals surface area (Å²) in [6.07, 6.45) is 0.302. The smallest absolute Gasteiger partial charge is 0.250 e. The summed E-state index contributed by atoms with van der Waals surface area (Å²) in [5, 5.41) is 18.7. The fourth-order valence-corrected chi connectivity index (χ4v) is 6.41. The van der Waals surface area contributed by atoms with Gasteiger partial charge in [-0.15, -0.1) is 11.3 Å². The van der Waals surface area contributed by atoms with E-state index in [4.69, 9.17) is 22.7 Å². The van der Waals surface area contributed by atoms with Crippen LogP contribution in [0, 0.1) is 5.41 Å². The topological polar surface area (TPSA) is 137 Å². The number of rotatable bonds is 6. The molecule has 1 saturated heterocycles. The van der Waals surface area contributed by atoms with Crippen LogP contribution in [-0.4, -0.2) is 42.8 Å². The molecule has 1 atom stereocenters. The van der Waals surface area contributed by atoms with E-state index in [1.165, 1.54) is 23.1 Å². The van der Waals surface area contributed by atoms with Crippen LogP contribution in [-0.2, 0) is 21.4 Å². The average molecular weight is 479 g/mol. The maximum absolute atomic E-state index is 12.9. The summed E-state index contributed by atoms with van der Waals surface area (Å²) in [7, 11) is -3.91. The number of nitrogens with two attached hydrogens (primary N) is 1. The number of amides is 1. The first-order valence-electron chi connectivity index (χ1n) is 9.31. The predicted molar refractivity (Wildman–Crippen MR) is 120 cm³/mol. The Balaban J connectivity index is 1.51.